The number of nitrogens with zero attached hydrogens (tertiary/aromatic N) is 1. The third-order valence-electron chi connectivity index (χ3n) is 3.14. The topological polar surface area (TPSA) is 21.6 Å². The van der Waals surface area contributed by atoms with Crippen molar-refractivity contribution in [3.05, 3.63) is 59.6 Å². The SMILES string of the molecule is [2H]c1cc(CCCC)cc([2H])c1N=Cc1ccc(OCC)cc1. The Labute approximate surface area is 130 Å². The minimum atomic E-state index is 0.311. The third kappa shape index (κ3) is 5.07. The van der Waals surface area contributed by atoms with Gasteiger partial charge in [0.2, 0.25) is 0 Å². The van der Waals surface area contributed by atoms with Crippen LogP contribution in [-0.2, 0) is 6.42 Å². The van der Waals surface area contributed by atoms with E-state index in [1.165, 1.54) is 0 Å². The van der Waals surface area contributed by atoms with E-state index in [0.29, 0.717) is 24.4 Å². The molecular weight excluding hydrogens is 258 g/mol. The van der Waals surface area contributed by atoms with Gasteiger partial charge in [0.1, 0.15) is 5.75 Å². The van der Waals surface area contributed by atoms with Gasteiger partial charge < -0.3 is 4.74 Å². The molecule has 0 aliphatic carbocycles. The summed E-state index contributed by atoms with van der Waals surface area (Å²) in [6, 6.07) is 11.9. The zero-order valence-corrected chi connectivity index (χ0v) is 12.7. The van der Waals surface area contributed by atoms with Gasteiger partial charge in [-0.25, -0.2) is 0 Å². The Kier molecular flexibility index (Phi) is 4.97. The molecule has 0 unspecified atom stereocenters. The molecule has 2 heteroatoms. The van der Waals surface area contributed by atoms with Crippen LogP contribution in [0.15, 0.2) is 53.5 Å². The smallest absolute Gasteiger partial charge is 0.119 e. The molecule has 0 radical (unpaired) electrons. The van der Waals surface area contributed by atoms with Crippen LogP contribution in [0.1, 0.15) is 40.6 Å². The Morgan fingerprint density at radius 3 is 2.43 bits per heavy atom. The molecule has 0 amide bonds. The number of aliphatic imine (C=N–C) groups is 1. The Morgan fingerprint density at radius 2 is 1.81 bits per heavy atom. The van der Waals surface area contributed by atoms with Crippen molar-refractivity contribution in [3.63, 3.8) is 0 Å². The lowest BCUT2D eigenvalue weighted by Gasteiger charge is -2.02. The number of aryl methyl sites for hydroxylation is 1. The number of ether oxygens (including phenoxy) is 1. The van der Waals surface area contributed by atoms with Gasteiger partial charge in [0.05, 0.1) is 15.0 Å². The molecule has 0 saturated heterocycles. The highest BCUT2D eigenvalue weighted by molar-refractivity contribution is 5.82. The lowest BCUT2D eigenvalue weighted by Crippen LogP contribution is -1.91. The number of unbranched alkanes of at least 4 members (excludes halogenated alkanes) is 1. The maximum atomic E-state index is 8.09. The molecule has 0 aromatic heterocycles. The molecule has 0 atom stereocenters. The van der Waals surface area contributed by atoms with Crippen molar-refractivity contribution in [1.82, 2.24) is 0 Å². The van der Waals surface area contributed by atoms with E-state index in [2.05, 4.69) is 11.9 Å². The molecule has 2 aromatic carbocycles. The van der Waals surface area contributed by atoms with Crippen LogP contribution in [0.25, 0.3) is 0 Å². The second-order valence-corrected chi connectivity index (χ2v) is 4.86. The summed E-state index contributed by atoms with van der Waals surface area (Å²) in [7, 11) is 0. The third-order valence-corrected chi connectivity index (χ3v) is 3.14. The summed E-state index contributed by atoms with van der Waals surface area (Å²) in [5.74, 6) is 0.826. The molecule has 0 saturated carbocycles. The Morgan fingerprint density at radius 1 is 1.10 bits per heavy atom. The highest BCUT2D eigenvalue weighted by Gasteiger charge is 1.94. The van der Waals surface area contributed by atoms with E-state index in [1.807, 2.05) is 43.3 Å². The summed E-state index contributed by atoms with van der Waals surface area (Å²) in [5.41, 5.74) is 2.38. The minimum Gasteiger partial charge on any atom is -0.494 e. The molecule has 21 heavy (non-hydrogen) atoms. The average Bonchev–Trinajstić information content (AvgIpc) is 2.54. The Hall–Kier alpha value is -2.09. The molecule has 2 nitrogen and oxygen atoms in total. The molecule has 2 rings (SSSR count). The summed E-state index contributed by atoms with van der Waals surface area (Å²) >= 11 is 0. The molecule has 0 bridgehead atoms. The second kappa shape index (κ2) is 8.25. The van der Waals surface area contributed by atoms with Crippen molar-refractivity contribution in [2.24, 2.45) is 4.99 Å². The fourth-order valence-electron chi connectivity index (χ4n) is 1.96. The highest BCUT2D eigenvalue weighted by atomic mass is 16.5. The first-order valence-electron chi connectivity index (χ1n) is 8.51. The van der Waals surface area contributed by atoms with Crippen LogP contribution in [0, 0.1) is 0 Å². The summed E-state index contributed by atoms with van der Waals surface area (Å²) < 4.78 is 21.6. The predicted molar refractivity (Wildman–Crippen MR) is 89.9 cm³/mol. The van der Waals surface area contributed by atoms with Crippen LogP contribution >= 0.6 is 0 Å². The van der Waals surface area contributed by atoms with E-state index < -0.39 is 0 Å². The van der Waals surface area contributed by atoms with Gasteiger partial charge in [-0.15, -0.1) is 0 Å². The molecule has 0 heterocycles. The molecule has 0 spiro atoms. The van der Waals surface area contributed by atoms with Gasteiger partial charge >= 0.3 is 0 Å². The maximum Gasteiger partial charge on any atom is 0.119 e. The van der Waals surface area contributed by atoms with E-state index in [9.17, 15) is 0 Å². The van der Waals surface area contributed by atoms with Crippen molar-refractivity contribution in [3.8, 4) is 5.75 Å². The first-order valence-corrected chi connectivity index (χ1v) is 7.51. The lowest BCUT2D eigenvalue weighted by molar-refractivity contribution is 0.340. The molecular formula is C19H23NO. The Balaban J connectivity index is 2.15. The monoisotopic (exact) mass is 283 g/mol. The zero-order chi connectivity index (χ0) is 16.7. The standard InChI is InChI=1S/C19H23NO/c1-3-5-6-16-7-11-18(12-8-16)20-15-17-9-13-19(14-10-17)21-4-2/h7-15H,3-6H2,1-2H3/i11D,12D. The van der Waals surface area contributed by atoms with Gasteiger partial charge in [-0.3, -0.25) is 4.99 Å². The molecule has 0 N–H and O–H groups in total. The van der Waals surface area contributed by atoms with Crippen molar-refractivity contribution in [2.45, 2.75) is 33.1 Å². The molecule has 0 fully saturated rings. The van der Waals surface area contributed by atoms with E-state index in [4.69, 9.17) is 7.48 Å². The molecule has 0 aliphatic heterocycles. The summed E-state index contributed by atoms with van der Waals surface area (Å²) in [5, 5.41) is 0. The van der Waals surface area contributed by atoms with Crippen LogP contribution < -0.4 is 4.74 Å². The van der Waals surface area contributed by atoms with E-state index in [-0.39, 0.29) is 0 Å². The summed E-state index contributed by atoms with van der Waals surface area (Å²) in [6.45, 7) is 4.73. The normalized spacial score (nSPS) is 12.3. The van der Waals surface area contributed by atoms with Gasteiger partial charge in [-0.2, -0.15) is 0 Å². The summed E-state index contributed by atoms with van der Waals surface area (Å²) in [4.78, 5) is 4.33. The molecule has 0 aliphatic rings. The Bertz CT molecular complexity index is 643. The van der Waals surface area contributed by atoms with Crippen LogP contribution in [0.3, 0.4) is 0 Å². The van der Waals surface area contributed by atoms with Crippen molar-refractivity contribution in [2.75, 3.05) is 6.61 Å². The van der Waals surface area contributed by atoms with Gasteiger partial charge in [0.15, 0.2) is 0 Å². The number of rotatable bonds is 7. The van der Waals surface area contributed by atoms with E-state index in [0.717, 1.165) is 36.1 Å². The van der Waals surface area contributed by atoms with Crippen molar-refractivity contribution >= 4 is 11.9 Å². The average molecular weight is 283 g/mol. The first-order chi connectivity index (χ1) is 11.1. The van der Waals surface area contributed by atoms with Gasteiger partial charge in [0.25, 0.3) is 0 Å². The summed E-state index contributed by atoms with van der Waals surface area (Å²) in [6.07, 6.45) is 4.79. The molecule has 2 aromatic rings. The number of hydrogen-bond donors (Lipinski definition) is 0. The van der Waals surface area contributed by atoms with Crippen molar-refractivity contribution in [1.29, 1.82) is 0 Å². The number of benzene rings is 2. The van der Waals surface area contributed by atoms with Crippen LogP contribution in [-0.4, -0.2) is 12.8 Å². The highest BCUT2D eigenvalue weighted by Crippen LogP contribution is 2.16. The van der Waals surface area contributed by atoms with Gasteiger partial charge in [-0.05, 0) is 67.2 Å². The minimum absolute atomic E-state index is 0.311. The van der Waals surface area contributed by atoms with Gasteiger partial charge in [0, 0.05) is 6.21 Å². The number of hydrogen-bond acceptors (Lipinski definition) is 2. The zero-order valence-electron chi connectivity index (χ0n) is 14.7. The van der Waals surface area contributed by atoms with E-state index in [1.54, 1.807) is 6.21 Å². The second-order valence-electron chi connectivity index (χ2n) is 4.86. The largest absolute Gasteiger partial charge is 0.494 e. The fourth-order valence-corrected chi connectivity index (χ4v) is 1.96. The van der Waals surface area contributed by atoms with E-state index >= 15 is 0 Å². The van der Waals surface area contributed by atoms with Gasteiger partial charge in [-0.1, -0.05) is 25.5 Å². The maximum absolute atomic E-state index is 8.09. The predicted octanol–water partition coefficient (Wildman–Crippen LogP) is 5.18. The molecule has 110 valence electrons. The first kappa shape index (κ1) is 12.6. The van der Waals surface area contributed by atoms with Crippen LogP contribution in [0.5, 0.6) is 5.75 Å². The lowest BCUT2D eigenvalue weighted by atomic mass is 10.1. The van der Waals surface area contributed by atoms with Crippen LogP contribution in [0.2, 0.25) is 0 Å². The van der Waals surface area contributed by atoms with Crippen molar-refractivity contribution < 1.29 is 7.48 Å². The fraction of sp³-hybridized carbons (Fsp3) is 0.316. The quantitative estimate of drug-likeness (QED) is 0.642. The van der Waals surface area contributed by atoms with Crippen LogP contribution in [0.4, 0.5) is 5.69 Å².